The summed E-state index contributed by atoms with van der Waals surface area (Å²) in [4.78, 5) is 36.6. The molecule has 2 aromatic heterocycles. The van der Waals surface area contributed by atoms with E-state index >= 15 is 0 Å². The fourth-order valence-electron chi connectivity index (χ4n) is 4.48. The lowest BCUT2D eigenvalue weighted by Crippen LogP contribution is -2.29. The number of nitrogens with zero attached hydrogens (tertiary/aromatic N) is 3. The number of anilines is 1. The van der Waals surface area contributed by atoms with Gasteiger partial charge in [-0.25, -0.2) is 9.37 Å². The van der Waals surface area contributed by atoms with Gasteiger partial charge in [0.2, 0.25) is 0 Å². The lowest BCUT2D eigenvalue weighted by molar-refractivity contribution is -0.132. The lowest BCUT2D eigenvalue weighted by Gasteiger charge is -2.22. The molecule has 1 atom stereocenters. The SMILES string of the molecule is O=C1C(=O)N(c2nc3cc(Cl)c(F)cc3s2)C(c2ccncc2)/C1=C(\O)c1cccc2ccccc12. The van der Waals surface area contributed by atoms with Crippen LogP contribution in [0.15, 0.2) is 84.7 Å². The third-order valence-corrected chi connectivity index (χ3v) is 7.44. The van der Waals surface area contributed by atoms with Gasteiger partial charge in [-0.1, -0.05) is 65.4 Å². The van der Waals surface area contributed by atoms with Crippen molar-refractivity contribution in [2.24, 2.45) is 0 Å². The molecule has 0 bridgehead atoms. The van der Waals surface area contributed by atoms with Crippen LogP contribution < -0.4 is 4.90 Å². The monoisotopic (exact) mass is 515 g/mol. The van der Waals surface area contributed by atoms with Crippen LogP contribution in [0.5, 0.6) is 0 Å². The highest BCUT2D eigenvalue weighted by Crippen LogP contribution is 2.45. The molecule has 1 N–H and O–H groups in total. The van der Waals surface area contributed by atoms with Crippen LogP contribution in [0.2, 0.25) is 5.02 Å². The molecule has 0 aliphatic carbocycles. The van der Waals surface area contributed by atoms with Crippen LogP contribution in [0.25, 0.3) is 26.7 Å². The molecule has 0 radical (unpaired) electrons. The molecule has 5 aromatic rings. The molecule has 1 amide bonds. The van der Waals surface area contributed by atoms with Crippen molar-refractivity contribution in [3.8, 4) is 0 Å². The Labute approximate surface area is 212 Å². The fourth-order valence-corrected chi connectivity index (χ4v) is 5.64. The van der Waals surface area contributed by atoms with E-state index in [1.165, 1.54) is 17.0 Å². The number of carbonyl (C=O) groups is 2. The van der Waals surface area contributed by atoms with E-state index < -0.39 is 23.5 Å². The largest absolute Gasteiger partial charge is 0.507 e. The number of ketones is 1. The van der Waals surface area contributed by atoms with Gasteiger partial charge in [-0.15, -0.1) is 0 Å². The summed E-state index contributed by atoms with van der Waals surface area (Å²) in [5, 5.41) is 13.2. The van der Waals surface area contributed by atoms with E-state index in [2.05, 4.69) is 9.97 Å². The zero-order valence-corrected chi connectivity index (χ0v) is 19.9. The van der Waals surface area contributed by atoms with Gasteiger partial charge in [0.05, 0.1) is 26.9 Å². The first kappa shape index (κ1) is 22.3. The summed E-state index contributed by atoms with van der Waals surface area (Å²) in [6.07, 6.45) is 3.09. The van der Waals surface area contributed by atoms with Crippen LogP contribution in [0.1, 0.15) is 17.2 Å². The predicted octanol–water partition coefficient (Wildman–Crippen LogP) is 6.26. The van der Waals surface area contributed by atoms with Gasteiger partial charge in [0.25, 0.3) is 5.78 Å². The van der Waals surface area contributed by atoms with Crippen LogP contribution in [0, 0.1) is 5.82 Å². The molecule has 3 heterocycles. The first-order valence-corrected chi connectivity index (χ1v) is 12.1. The molecule has 0 spiro atoms. The van der Waals surface area contributed by atoms with Crippen molar-refractivity contribution in [2.45, 2.75) is 6.04 Å². The van der Waals surface area contributed by atoms with Gasteiger partial charge in [0.15, 0.2) is 5.13 Å². The summed E-state index contributed by atoms with van der Waals surface area (Å²) in [5.41, 5.74) is 1.33. The topological polar surface area (TPSA) is 83.4 Å². The molecule has 6 nitrogen and oxygen atoms in total. The number of aliphatic hydroxyl groups excluding tert-OH is 1. The summed E-state index contributed by atoms with van der Waals surface area (Å²) in [7, 11) is 0. The van der Waals surface area contributed by atoms with E-state index in [4.69, 9.17) is 11.6 Å². The van der Waals surface area contributed by atoms with Crippen LogP contribution in [-0.4, -0.2) is 26.8 Å². The van der Waals surface area contributed by atoms with Gasteiger partial charge in [-0.2, -0.15) is 0 Å². The van der Waals surface area contributed by atoms with Crippen molar-refractivity contribution < 1.29 is 19.1 Å². The van der Waals surface area contributed by atoms with E-state index in [1.807, 2.05) is 30.3 Å². The second-order valence-corrected chi connectivity index (χ2v) is 9.62. The van der Waals surface area contributed by atoms with Gasteiger partial charge in [-0.05, 0) is 40.6 Å². The summed E-state index contributed by atoms with van der Waals surface area (Å²) >= 11 is 6.98. The molecule has 3 aromatic carbocycles. The van der Waals surface area contributed by atoms with Crippen molar-refractivity contribution >= 4 is 66.5 Å². The number of aliphatic hydroxyl groups is 1. The molecule has 0 saturated carbocycles. The number of aromatic nitrogens is 2. The summed E-state index contributed by atoms with van der Waals surface area (Å²) in [5.74, 6) is -2.58. The lowest BCUT2D eigenvalue weighted by atomic mass is 9.94. The highest BCUT2D eigenvalue weighted by atomic mass is 35.5. The minimum absolute atomic E-state index is 0.0639. The molecular weight excluding hydrogens is 501 g/mol. The van der Waals surface area contributed by atoms with Crippen molar-refractivity contribution in [3.05, 3.63) is 107 Å². The maximum Gasteiger partial charge on any atom is 0.301 e. The minimum Gasteiger partial charge on any atom is -0.507 e. The Bertz CT molecular complexity index is 1690. The number of amides is 1. The number of thiazole rings is 1. The quantitative estimate of drug-likeness (QED) is 0.174. The first-order valence-electron chi connectivity index (χ1n) is 10.9. The Balaban J connectivity index is 1.60. The molecule has 9 heteroatoms. The first-order chi connectivity index (χ1) is 17.4. The zero-order chi connectivity index (χ0) is 25.0. The van der Waals surface area contributed by atoms with Crippen LogP contribution >= 0.6 is 22.9 Å². The predicted molar refractivity (Wildman–Crippen MR) is 138 cm³/mol. The Kier molecular flexibility index (Phi) is 5.28. The molecule has 1 aliphatic heterocycles. The number of benzene rings is 3. The van der Waals surface area contributed by atoms with E-state index in [-0.39, 0.29) is 21.5 Å². The van der Waals surface area contributed by atoms with Crippen molar-refractivity contribution in [1.29, 1.82) is 0 Å². The van der Waals surface area contributed by atoms with Gasteiger partial charge in [0, 0.05) is 18.0 Å². The van der Waals surface area contributed by atoms with Crippen molar-refractivity contribution in [1.82, 2.24) is 9.97 Å². The summed E-state index contributed by atoms with van der Waals surface area (Å²) < 4.78 is 14.5. The number of rotatable bonds is 3. The molecule has 1 aliphatic rings. The summed E-state index contributed by atoms with van der Waals surface area (Å²) in [6.45, 7) is 0. The smallest absolute Gasteiger partial charge is 0.301 e. The fraction of sp³-hybridized carbons (Fsp3) is 0.0370. The van der Waals surface area contributed by atoms with Gasteiger partial charge in [0.1, 0.15) is 11.6 Å². The van der Waals surface area contributed by atoms with E-state index in [0.29, 0.717) is 21.3 Å². The molecular formula is C27H15ClFN3O3S. The second kappa shape index (κ2) is 8.51. The van der Waals surface area contributed by atoms with Crippen LogP contribution in [0.3, 0.4) is 0 Å². The number of carbonyl (C=O) groups excluding carboxylic acids is 2. The molecule has 1 fully saturated rings. The van der Waals surface area contributed by atoms with E-state index in [0.717, 1.165) is 22.1 Å². The maximum absolute atomic E-state index is 14.1. The van der Waals surface area contributed by atoms with Crippen molar-refractivity contribution in [2.75, 3.05) is 4.90 Å². The number of Topliss-reactive ketones (excluding diaryl/α,β-unsaturated/α-hetero) is 1. The van der Waals surface area contributed by atoms with Gasteiger partial charge >= 0.3 is 5.91 Å². The van der Waals surface area contributed by atoms with E-state index in [9.17, 15) is 19.1 Å². The van der Waals surface area contributed by atoms with E-state index in [1.54, 1.807) is 36.7 Å². The van der Waals surface area contributed by atoms with Crippen LogP contribution in [0.4, 0.5) is 9.52 Å². The number of hydrogen-bond donors (Lipinski definition) is 1. The average Bonchev–Trinajstić information content (AvgIpc) is 3.41. The standard InChI is InChI=1S/C27H15ClFN3O3S/c28-18-12-20-21(13-19(18)29)36-27(31-20)32-23(15-8-10-30-11-9-15)22(25(34)26(32)35)24(33)17-7-3-5-14-4-1-2-6-16(14)17/h1-13,23,33H/b24-22+. The maximum atomic E-state index is 14.1. The second-order valence-electron chi connectivity index (χ2n) is 8.21. The minimum atomic E-state index is -0.965. The van der Waals surface area contributed by atoms with Crippen molar-refractivity contribution in [3.63, 3.8) is 0 Å². The molecule has 36 heavy (non-hydrogen) atoms. The zero-order valence-electron chi connectivity index (χ0n) is 18.4. The van der Waals surface area contributed by atoms with Gasteiger partial charge in [-0.3, -0.25) is 19.5 Å². The molecule has 1 unspecified atom stereocenters. The van der Waals surface area contributed by atoms with Gasteiger partial charge < -0.3 is 5.11 Å². The number of fused-ring (bicyclic) bond motifs is 2. The van der Waals surface area contributed by atoms with Crippen LogP contribution in [-0.2, 0) is 9.59 Å². The Hall–Kier alpha value is -4.14. The number of hydrogen-bond acceptors (Lipinski definition) is 6. The Morgan fingerprint density at radius 3 is 2.58 bits per heavy atom. The number of halogens is 2. The highest BCUT2D eigenvalue weighted by Gasteiger charge is 2.48. The molecule has 6 rings (SSSR count). The highest BCUT2D eigenvalue weighted by molar-refractivity contribution is 7.22. The Morgan fingerprint density at radius 1 is 1.03 bits per heavy atom. The average molecular weight is 516 g/mol. The normalized spacial score (nSPS) is 17.4. The third kappa shape index (κ3) is 3.45. The third-order valence-electron chi connectivity index (χ3n) is 6.14. The Morgan fingerprint density at radius 2 is 1.78 bits per heavy atom. The summed E-state index contributed by atoms with van der Waals surface area (Å²) in [6, 6.07) is 17.8. The molecule has 1 saturated heterocycles. The molecule has 176 valence electrons. The number of pyridine rings is 1.